The van der Waals surface area contributed by atoms with Crippen LogP contribution in [0.15, 0.2) is 0 Å². The van der Waals surface area contributed by atoms with Gasteiger partial charge in [-0.25, -0.2) is 0 Å². The number of nitriles is 1. The Morgan fingerprint density at radius 2 is 2.25 bits per heavy atom. The van der Waals surface area contributed by atoms with Crippen molar-refractivity contribution in [3.05, 3.63) is 0 Å². The molecule has 0 aromatic heterocycles. The lowest BCUT2D eigenvalue weighted by atomic mass is 9.82. The van der Waals surface area contributed by atoms with Gasteiger partial charge < -0.3 is 10.5 Å². The molecule has 0 radical (unpaired) electrons. The molecule has 3 nitrogen and oxygen atoms in total. The molecule has 2 N–H and O–H groups in total. The summed E-state index contributed by atoms with van der Waals surface area (Å²) in [6.07, 6.45) is 4.12. The first-order chi connectivity index (χ1) is 5.86. The van der Waals surface area contributed by atoms with E-state index in [0.29, 0.717) is 18.4 Å². The predicted octanol–water partition coefficient (Wildman–Crippen LogP) is 1.04. The lowest BCUT2D eigenvalue weighted by Gasteiger charge is -2.34. The highest BCUT2D eigenvalue weighted by Gasteiger charge is 2.28. The average molecular weight is 168 g/mol. The van der Waals surface area contributed by atoms with Crippen LogP contribution in [-0.2, 0) is 4.74 Å². The zero-order valence-corrected chi connectivity index (χ0v) is 7.33. The van der Waals surface area contributed by atoms with Crippen LogP contribution in [0.2, 0.25) is 0 Å². The Morgan fingerprint density at radius 3 is 2.83 bits per heavy atom. The third-order valence-electron chi connectivity index (χ3n) is 2.31. The average Bonchev–Trinajstić information content (AvgIpc) is 2.01. The van der Waals surface area contributed by atoms with Gasteiger partial charge in [0.15, 0.2) is 0 Å². The fraction of sp³-hybridized carbons (Fsp3) is 0.889. The summed E-state index contributed by atoms with van der Waals surface area (Å²) in [6, 6.07) is 2.10. The van der Waals surface area contributed by atoms with E-state index in [1.54, 1.807) is 0 Å². The van der Waals surface area contributed by atoms with Crippen molar-refractivity contribution in [2.75, 3.05) is 13.2 Å². The Bertz CT molecular complexity index is 158. The van der Waals surface area contributed by atoms with Crippen LogP contribution < -0.4 is 5.73 Å². The first-order valence-corrected chi connectivity index (χ1v) is 4.55. The maximum absolute atomic E-state index is 8.26. The third kappa shape index (κ3) is 2.80. The highest BCUT2D eigenvalue weighted by Crippen LogP contribution is 2.28. The van der Waals surface area contributed by atoms with Gasteiger partial charge in [0.05, 0.1) is 12.2 Å². The first-order valence-electron chi connectivity index (χ1n) is 4.55. The summed E-state index contributed by atoms with van der Waals surface area (Å²) in [7, 11) is 0. The molecule has 12 heavy (non-hydrogen) atoms. The second-order valence-corrected chi connectivity index (χ2v) is 3.33. The molecule has 0 aromatic rings. The van der Waals surface area contributed by atoms with Gasteiger partial charge in [0.25, 0.3) is 0 Å². The molecule has 0 unspecified atom stereocenters. The third-order valence-corrected chi connectivity index (χ3v) is 2.31. The number of nitrogens with two attached hydrogens (primary N) is 1. The first kappa shape index (κ1) is 9.50. The highest BCUT2D eigenvalue weighted by atomic mass is 16.5. The highest BCUT2D eigenvalue weighted by molar-refractivity contribution is 4.80. The number of ether oxygens (including phenoxy) is 1. The van der Waals surface area contributed by atoms with Gasteiger partial charge in [0.1, 0.15) is 0 Å². The molecule has 3 heteroatoms. The number of unbranched alkanes of at least 4 members (excludes halogenated alkanes) is 1. The molecule has 0 saturated heterocycles. The van der Waals surface area contributed by atoms with E-state index in [1.165, 1.54) is 0 Å². The summed E-state index contributed by atoms with van der Waals surface area (Å²) < 4.78 is 5.51. The molecule has 1 aliphatic carbocycles. The van der Waals surface area contributed by atoms with E-state index in [9.17, 15) is 0 Å². The van der Waals surface area contributed by atoms with Crippen molar-refractivity contribution in [2.45, 2.75) is 31.8 Å². The van der Waals surface area contributed by atoms with Crippen LogP contribution in [0.3, 0.4) is 0 Å². The van der Waals surface area contributed by atoms with Gasteiger partial charge >= 0.3 is 0 Å². The molecular formula is C9H16N2O. The topological polar surface area (TPSA) is 59.0 Å². The summed E-state index contributed by atoms with van der Waals surface area (Å²) in [5, 5.41) is 8.26. The molecule has 0 atom stereocenters. The fourth-order valence-corrected chi connectivity index (χ4v) is 1.40. The second kappa shape index (κ2) is 5.13. The van der Waals surface area contributed by atoms with Crippen molar-refractivity contribution < 1.29 is 4.74 Å². The van der Waals surface area contributed by atoms with Gasteiger partial charge in [-0.2, -0.15) is 5.26 Å². The molecule has 1 rings (SSSR count). The largest absolute Gasteiger partial charge is 0.378 e. The van der Waals surface area contributed by atoms with Crippen LogP contribution in [0.4, 0.5) is 0 Å². The normalized spacial score (nSPS) is 27.7. The standard InChI is InChI=1S/C9H16N2O/c10-3-1-2-4-12-9-5-8(6-9)7-11/h8-9H,1-2,4-7,11H2. The maximum Gasteiger partial charge on any atom is 0.0622 e. The van der Waals surface area contributed by atoms with Gasteiger partial charge in [-0.3, -0.25) is 0 Å². The monoisotopic (exact) mass is 168 g/mol. The van der Waals surface area contributed by atoms with Crippen LogP contribution >= 0.6 is 0 Å². The lowest BCUT2D eigenvalue weighted by Crippen LogP contribution is -2.36. The van der Waals surface area contributed by atoms with E-state index < -0.39 is 0 Å². The maximum atomic E-state index is 8.26. The predicted molar refractivity (Wildman–Crippen MR) is 46.4 cm³/mol. The van der Waals surface area contributed by atoms with E-state index in [2.05, 4.69) is 6.07 Å². The Kier molecular flexibility index (Phi) is 4.06. The van der Waals surface area contributed by atoms with Crippen molar-refractivity contribution in [1.29, 1.82) is 5.26 Å². The molecule has 0 amide bonds. The van der Waals surface area contributed by atoms with E-state index in [-0.39, 0.29) is 0 Å². The fourth-order valence-electron chi connectivity index (χ4n) is 1.40. The minimum Gasteiger partial charge on any atom is -0.378 e. The molecule has 1 aliphatic rings. The molecule has 0 aromatic carbocycles. The van der Waals surface area contributed by atoms with Crippen LogP contribution in [0.25, 0.3) is 0 Å². The lowest BCUT2D eigenvalue weighted by molar-refractivity contribution is -0.0282. The molecule has 0 bridgehead atoms. The Balaban J connectivity index is 1.87. The Hall–Kier alpha value is -0.590. The Labute approximate surface area is 73.5 Å². The minimum atomic E-state index is 0.428. The summed E-state index contributed by atoms with van der Waals surface area (Å²) in [4.78, 5) is 0. The van der Waals surface area contributed by atoms with Crippen LogP contribution in [0, 0.1) is 17.2 Å². The summed E-state index contributed by atoms with van der Waals surface area (Å²) in [6.45, 7) is 1.52. The molecule has 0 spiro atoms. The zero-order valence-electron chi connectivity index (χ0n) is 7.33. The molecule has 1 fully saturated rings. The summed E-state index contributed by atoms with van der Waals surface area (Å²) in [5.41, 5.74) is 5.47. The number of hydrogen-bond acceptors (Lipinski definition) is 3. The molecular weight excluding hydrogens is 152 g/mol. The van der Waals surface area contributed by atoms with Crippen molar-refractivity contribution >= 4 is 0 Å². The van der Waals surface area contributed by atoms with Gasteiger partial charge in [0.2, 0.25) is 0 Å². The summed E-state index contributed by atoms with van der Waals surface area (Å²) >= 11 is 0. The molecule has 0 aliphatic heterocycles. The number of rotatable bonds is 5. The van der Waals surface area contributed by atoms with E-state index >= 15 is 0 Å². The van der Waals surface area contributed by atoms with Crippen molar-refractivity contribution in [3.8, 4) is 6.07 Å². The summed E-state index contributed by atoms with van der Waals surface area (Å²) in [5.74, 6) is 0.686. The van der Waals surface area contributed by atoms with Crippen LogP contribution in [0.5, 0.6) is 0 Å². The van der Waals surface area contributed by atoms with E-state index in [1.807, 2.05) is 0 Å². The second-order valence-electron chi connectivity index (χ2n) is 3.33. The van der Waals surface area contributed by atoms with Gasteiger partial charge in [-0.05, 0) is 31.7 Å². The SMILES string of the molecule is N#CCCCOC1CC(CN)C1. The number of hydrogen-bond donors (Lipinski definition) is 1. The van der Waals surface area contributed by atoms with Crippen molar-refractivity contribution in [3.63, 3.8) is 0 Å². The quantitative estimate of drug-likeness (QED) is 0.624. The number of nitrogens with zero attached hydrogens (tertiary/aromatic N) is 1. The van der Waals surface area contributed by atoms with Crippen LogP contribution in [-0.4, -0.2) is 19.3 Å². The smallest absolute Gasteiger partial charge is 0.0622 e. The van der Waals surface area contributed by atoms with Gasteiger partial charge in [-0.1, -0.05) is 0 Å². The van der Waals surface area contributed by atoms with E-state index in [4.69, 9.17) is 15.7 Å². The Morgan fingerprint density at radius 1 is 1.50 bits per heavy atom. The zero-order chi connectivity index (χ0) is 8.81. The minimum absolute atomic E-state index is 0.428. The van der Waals surface area contributed by atoms with Gasteiger partial charge in [0, 0.05) is 13.0 Å². The molecule has 1 saturated carbocycles. The molecule has 68 valence electrons. The van der Waals surface area contributed by atoms with Crippen molar-refractivity contribution in [1.82, 2.24) is 0 Å². The van der Waals surface area contributed by atoms with E-state index in [0.717, 1.165) is 32.4 Å². The molecule has 0 heterocycles. The van der Waals surface area contributed by atoms with Crippen molar-refractivity contribution in [2.24, 2.45) is 11.7 Å². The van der Waals surface area contributed by atoms with Crippen LogP contribution in [0.1, 0.15) is 25.7 Å². The van der Waals surface area contributed by atoms with Gasteiger partial charge in [-0.15, -0.1) is 0 Å².